The van der Waals surface area contributed by atoms with Gasteiger partial charge in [0.1, 0.15) is 0 Å². The first kappa shape index (κ1) is 14.4. The van der Waals surface area contributed by atoms with Crippen molar-refractivity contribution in [2.75, 3.05) is 4.90 Å². The number of para-hydroxylation sites is 2. The lowest BCUT2D eigenvalue weighted by molar-refractivity contribution is 1.12. The van der Waals surface area contributed by atoms with Crippen molar-refractivity contribution in [2.45, 2.75) is 13.3 Å². The molecule has 22 heavy (non-hydrogen) atoms. The van der Waals surface area contributed by atoms with Gasteiger partial charge in [0.05, 0.1) is 0 Å². The van der Waals surface area contributed by atoms with Gasteiger partial charge >= 0.3 is 0 Å². The molecule has 1 nitrogen and oxygen atoms in total. The number of rotatable bonds is 5. The molecule has 1 radical (unpaired) electrons. The second kappa shape index (κ2) is 6.95. The molecule has 0 heterocycles. The van der Waals surface area contributed by atoms with Crippen molar-refractivity contribution in [1.82, 2.24) is 0 Å². The normalized spacial score (nSPS) is 10.4. The molecule has 3 aromatic carbocycles. The summed E-state index contributed by atoms with van der Waals surface area (Å²) in [4.78, 5) is 2.27. The van der Waals surface area contributed by atoms with Crippen molar-refractivity contribution >= 4 is 17.1 Å². The minimum atomic E-state index is 1.06. The summed E-state index contributed by atoms with van der Waals surface area (Å²) >= 11 is 0. The maximum absolute atomic E-state index is 2.27. The number of hydrogen-bond acceptors (Lipinski definition) is 1. The molecule has 0 aliphatic heterocycles. The lowest BCUT2D eigenvalue weighted by Crippen LogP contribution is -2.09. The van der Waals surface area contributed by atoms with Crippen LogP contribution >= 0.6 is 0 Å². The van der Waals surface area contributed by atoms with E-state index in [0.717, 1.165) is 6.42 Å². The summed E-state index contributed by atoms with van der Waals surface area (Å²) in [6.45, 7) is 2.16. The molecule has 0 spiro atoms. The van der Waals surface area contributed by atoms with Crippen LogP contribution in [0.1, 0.15) is 18.9 Å². The molecule has 109 valence electrons. The zero-order valence-electron chi connectivity index (χ0n) is 12.8. The Labute approximate surface area is 132 Å². The average molecular weight is 286 g/mol. The van der Waals surface area contributed by atoms with Crippen LogP contribution in [-0.4, -0.2) is 0 Å². The van der Waals surface area contributed by atoms with Crippen LogP contribution in [0.5, 0.6) is 0 Å². The maximum Gasteiger partial charge on any atom is 0.0461 e. The highest BCUT2D eigenvalue weighted by molar-refractivity contribution is 5.76. The van der Waals surface area contributed by atoms with E-state index in [-0.39, 0.29) is 0 Å². The van der Waals surface area contributed by atoms with E-state index < -0.39 is 0 Å². The van der Waals surface area contributed by atoms with Gasteiger partial charge in [0.2, 0.25) is 0 Å². The minimum Gasteiger partial charge on any atom is -0.311 e. The Balaban J connectivity index is 2.02. The largest absolute Gasteiger partial charge is 0.311 e. The quantitative estimate of drug-likeness (QED) is 0.546. The molecule has 0 fully saturated rings. The van der Waals surface area contributed by atoms with Crippen molar-refractivity contribution in [2.24, 2.45) is 0 Å². The fraction of sp³-hybridized carbons (Fsp3) is 0.0952. The lowest BCUT2D eigenvalue weighted by atomic mass is 10.1. The molecule has 0 atom stereocenters. The highest BCUT2D eigenvalue weighted by Gasteiger charge is 2.11. The van der Waals surface area contributed by atoms with Crippen LogP contribution in [0.4, 0.5) is 17.1 Å². The predicted octanol–water partition coefficient (Wildman–Crippen LogP) is 6.12. The molecule has 1 heteroatoms. The Morgan fingerprint density at radius 3 is 1.55 bits per heavy atom. The van der Waals surface area contributed by atoms with Crippen molar-refractivity contribution in [3.05, 3.63) is 96.9 Å². The van der Waals surface area contributed by atoms with E-state index in [2.05, 4.69) is 91.0 Å². The van der Waals surface area contributed by atoms with Gasteiger partial charge < -0.3 is 4.90 Å². The summed E-state index contributed by atoms with van der Waals surface area (Å²) in [5, 5.41) is 0. The summed E-state index contributed by atoms with van der Waals surface area (Å²) < 4.78 is 0. The summed E-state index contributed by atoms with van der Waals surface area (Å²) in [5.41, 5.74) is 4.78. The van der Waals surface area contributed by atoms with Gasteiger partial charge in [-0.3, -0.25) is 0 Å². The van der Waals surface area contributed by atoms with Crippen LogP contribution < -0.4 is 4.90 Å². The molecule has 3 aromatic rings. The molecule has 0 saturated heterocycles. The second-order valence-electron chi connectivity index (χ2n) is 5.21. The summed E-state index contributed by atoms with van der Waals surface area (Å²) in [5.74, 6) is 0. The standard InChI is InChI=1S/C21H20N/c1-2-9-18-14-16-21(17-15-18)22(19-10-5-3-6-11-19)20-12-7-4-8-13-20/h3-17H,2H2,1H3. The third kappa shape index (κ3) is 3.20. The van der Waals surface area contributed by atoms with Crippen molar-refractivity contribution in [3.8, 4) is 0 Å². The van der Waals surface area contributed by atoms with Crippen LogP contribution in [0.2, 0.25) is 0 Å². The van der Waals surface area contributed by atoms with E-state index in [1.54, 1.807) is 0 Å². The fourth-order valence-electron chi connectivity index (χ4n) is 2.60. The molecule has 0 aromatic heterocycles. The van der Waals surface area contributed by atoms with E-state index in [4.69, 9.17) is 0 Å². The van der Waals surface area contributed by atoms with Crippen LogP contribution in [-0.2, 0) is 0 Å². The topological polar surface area (TPSA) is 3.24 Å². The maximum atomic E-state index is 2.27. The van der Waals surface area contributed by atoms with Crippen LogP contribution in [0, 0.1) is 6.42 Å². The third-order valence-corrected chi connectivity index (χ3v) is 3.62. The monoisotopic (exact) mass is 286 g/mol. The van der Waals surface area contributed by atoms with Gasteiger partial charge in [0.15, 0.2) is 0 Å². The molecule has 0 saturated carbocycles. The van der Waals surface area contributed by atoms with Gasteiger partial charge in [0.25, 0.3) is 0 Å². The third-order valence-electron chi connectivity index (χ3n) is 3.62. The summed E-state index contributed by atoms with van der Waals surface area (Å²) in [6, 6.07) is 29.7. The predicted molar refractivity (Wildman–Crippen MR) is 94.8 cm³/mol. The Hall–Kier alpha value is -2.54. The number of hydrogen-bond donors (Lipinski definition) is 0. The Morgan fingerprint density at radius 1 is 0.636 bits per heavy atom. The van der Waals surface area contributed by atoms with E-state index in [9.17, 15) is 0 Å². The summed E-state index contributed by atoms with van der Waals surface area (Å²) in [6.07, 6.45) is 3.29. The van der Waals surface area contributed by atoms with Gasteiger partial charge in [0, 0.05) is 17.1 Å². The smallest absolute Gasteiger partial charge is 0.0461 e. The first-order valence-electron chi connectivity index (χ1n) is 7.72. The van der Waals surface area contributed by atoms with E-state index in [1.165, 1.54) is 22.6 Å². The van der Waals surface area contributed by atoms with E-state index in [0.29, 0.717) is 0 Å². The van der Waals surface area contributed by atoms with Gasteiger partial charge in [-0.25, -0.2) is 0 Å². The Bertz CT molecular complexity index is 647. The van der Waals surface area contributed by atoms with E-state index >= 15 is 0 Å². The zero-order valence-corrected chi connectivity index (χ0v) is 12.8. The number of anilines is 3. The first-order chi connectivity index (χ1) is 10.9. The molecule has 3 rings (SSSR count). The molecule has 0 aliphatic carbocycles. The second-order valence-corrected chi connectivity index (χ2v) is 5.21. The Kier molecular flexibility index (Phi) is 4.55. The molecular formula is C21H20N. The van der Waals surface area contributed by atoms with Crippen LogP contribution in [0.25, 0.3) is 0 Å². The molecule has 0 aliphatic rings. The van der Waals surface area contributed by atoms with Crippen LogP contribution in [0.15, 0.2) is 84.9 Å². The minimum absolute atomic E-state index is 1.06. The van der Waals surface area contributed by atoms with Gasteiger partial charge in [-0.1, -0.05) is 55.5 Å². The molecule has 0 amide bonds. The summed E-state index contributed by atoms with van der Waals surface area (Å²) in [7, 11) is 0. The van der Waals surface area contributed by atoms with Crippen molar-refractivity contribution < 1.29 is 0 Å². The lowest BCUT2D eigenvalue weighted by Gasteiger charge is -2.25. The van der Waals surface area contributed by atoms with Gasteiger partial charge in [-0.2, -0.15) is 0 Å². The average Bonchev–Trinajstić information content (AvgIpc) is 2.59. The fourth-order valence-corrected chi connectivity index (χ4v) is 2.60. The van der Waals surface area contributed by atoms with Crippen molar-refractivity contribution in [1.29, 1.82) is 0 Å². The molecule has 0 bridgehead atoms. The van der Waals surface area contributed by atoms with Crippen molar-refractivity contribution in [3.63, 3.8) is 0 Å². The molecule has 0 unspecified atom stereocenters. The zero-order chi connectivity index (χ0) is 15.2. The highest BCUT2D eigenvalue weighted by Crippen LogP contribution is 2.34. The highest BCUT2D eigenvalue weighted by atomic mass is 15.1. The molecule has 0 N–H and O–H groups in total. The number of benzene rings is 3. The van der Waals surface area contributed by atoms with Gasteiger partial charge in [-0.15, -0.1) is 0 Å². The Morgan fingerprint density at radius 2 is 1.09 bits per heavy atom. The van der Waals surface area contributed by atoms with Crippen LogP contribution in [0.3, 0.4) is 0 Å². The SMILES string of the molecule is CC[CH]c1ccc(N(c2ccccc2)c2ccccc2)cc1. The number of nitrogens with zero attached hydrogens (tertiary/aromatic N) is 1. The van der Waals surface area contributed by atoms with Gasteiger partial charge in [-0.05, 0) is 54.8 Å². The van der Waals surface area contributed by atoms with E-state index in [1.807, 2.05) is 12.1 Å². The molecular weight excluding hydrogens is 266 g/mol. The first-order valence-corrected chi connectivity index (χ1v) is 7.72.